The van der Waals surface area contributed by atoms with Gasteiger partial charge >= 0.3 is 5.97 Å². The van der Waals surface area contributed by atoms with Crippen molar-refractivity contribution in [2.75, 3.05) is 0 Å². The Labute approximate surface area is 86.3 Å². The van der Waals surface area contributed by atoms with Gasteiger partial charge in [0.1, 0.15) is 5.52 Å². The first-order valence-corrected chi connectivity index (χ1v) is 4.70. The summed E-state index contributed by atoms with van der Waals surface area (Å²) in [6.45, 7) is 1.81. The SMILES string of the molecule is C[C@@H](CC(=O)O)n1nnc2ccccc21. The number of carboxylic acid groups (broad SMARTS) is 1. The minimum atomic E-state index is -0.831. The van der Waals surface area contributed by atoms with Gasteiger partial charge < -0.3 is 5.11 Å². The van der Waals surface area contributed by atoms with Crippen molar-refractivity contribution in [1.29, 1.82) is 0 Å². The normalized spacial score (nSPS) is 12.9. The highest BCUT2D eigenvalue weighted by molar-refractivity contribution is 5.74. The van der Waals surface area contributed by atoms with Gasteiger partial charge in [-0.15, -0.1) is 5.10 Å². The van der Waals surface area contributed by atoms with Crippen molar-refractivity contribution in [3.63, 3.8) is 0 Å². The van der Waals surface area contributed by atoms with E-state index in [1.165, 1.54) is 0 Å². The molecule has 0 aliphatic rings. The van der Waals surface area contributed by atoms with Crippen LogP contribution < -0.4 is 0 Å². The Hall–Kier alpha value is -1.91. The molecular formula is C10H11N3O2. The molecule has 5 heteroatoms. The van der Waals surface area contributed by atoms with Gasteiger partial charge in [0.2, 0.25) is 0 Å². The number of aromatic nitrogens is 3. The van der Waals surface area contributed by atoms with Crippen molar-refractivity contribution in [1.82, 2.24) is 15.0 Å². The van der Waals surface area contributed by atoms with Crippen LogP contribution in [0, 0.1) is 0 Å². The number of rotatable bonds is 3. The summed E-state index contributed by atoms with van der Waals surface area (Å²) >= 11 is 0. The molecular weight excluding hydrogens is 194 g/mol. The van der Waals surface area contributed by atoms with E-state index in [0.29, 0.717) is 0 Å². The van der Waals surface area contributed by atoms with Gasteiger partial charge in [0.05, 0.1) is 18.0 Å². The fourth-order valence-corrected chi connectivity index (χ4v) is 1.55. The molecule has 0 amide bonds. The molecule has 2 rings (SSSR count). The number of aliphatic carboxylic acids is 1. The first kappa shape index (κ1) is 9.64. The third-order valence-corrected chi connectivity index (χ3v) is 2.26. The van der Waals surface area contributed by atoms with Gasteiger partial charge in [0.15, 0.2) is 0 Å². The lowest BCUT2D eigenvalue weighted by atomic mass is 10.2. The van der Waals surface area contributed by atoms with Gasteiger partial charge in [0, 0.05) is 0 Å². The summed E-state index contributed by atoms with van der Waals surface area (Å²) < 4.78 is 1.64. The molecule has 5 nitrogen and oxygen atoms in total. The van der Waals surface area contributed by atoms with Gasteiger partial charge in [-0.1, -0.05) is 17.3 Å². The van der Waals surface area contributed by atoms with E-state index < -0.39 is 5.97 Å². The first-order chi connectivity index (χ1) is 7.18. The lowest BCUT2D eigenvalue weighted by Crippen LogP contribution is -2.11. The summed E-state index contributed by atoms with van der Waals surface area (Å²) in [5.74, 6) is -0.831. The molecule has 0 radical (unpaired) electrons. The van der Waals surface area contributed by atoms with Crippen LogP contribution in [0.1, 0.15) is 19.4 Å². The smallest absolute Gasteiger partial charge is 0.305 e. The van der Waals surface area contributed by atoms with E-state index in [9.17, 15) is 4.79 Å². The van der Waals surface area contributed by atoms with Crippen LogP contribution in [0.25, 0.3) is 11.0 Å². The lowest BCUT2D eigenvalue weighted by molar-refractivity contribution is -0.137. The second kappa shape index (κ2) is 3.68. The van der Waals surface area contributed by atoms with Crippen LogP contribution in [0.5, 0.6) is 0 Å². The third-order valence-electron chi connectivity index (χ3n) is 2.26. The summed E-state index contributed by atoms with van der Waals surface area (Å²) in [4.78, 5) is 10.6. The van der Waals surface area contributed by atoms with Crippen LogP contribution in [0.15, 0.2) is 24.3 Å². The Morgan fingerprint density at radius 3 is 3.00 bits per heavy atom. The highest BCUT2D eigenvalue weighted by atomic mass is 16.4. The van der Waals surface area contributed by atoms with Crippen molar-refractivity contribution >= 4 is 17.0 Å². The number of nitrogens with zero attached hydrogens (tertiary/aromatic N) is 3. The van der Waals surface area contributed by atoms with Crippen molar-refractivity contribution in [2.24, 2.45) is 0 Å². The van der Waals surface area contributed by atoms with Crippen molar-refractivity contribution < 1.29 is 9.90 Å². The fraction of sp³-hybridized carbons (Fsp3) is 0.300. The molecule has 0 aliphatic heterocycles. The highest BCUT2D eigenvalue weighted by Crippen LogP contribution is 2.17. The zero-order valence-electron chi connectivity index (χ0n) is 8.29. The number of hydrogen-bond acceptors (Lipinski definition) is 3. The molecule has 0 spiro atoms. The maximum Gasteiger partial charge on any atom is 0.305 e. The van der Waals surface area contributed by atoms with E-state index in [-0.39, 0.29) is 12.5 Å². The minimum Gasteiger partial charge on any atom is -0.481 e. The second-order valence-electron chi connectivity index (χ2n) is 3.47. The molecule has 0 fully saturated rings. The maximum absolute atomic E-state index is 10.6. The van der Waals surface area contributed by atoms with Crippen LogP contribution in [0.4, 0.5) is 0 Å². The highest BCUT2D eigenvalue weighted by Gasteiger charge is 2.13. The standard InChI is InChI=1S/C10H11N3O2/c1-7(6-10(14)15)13-9-5-3-2-4-8(9)11-12-13/h2-5,7H,6H2,1H3,(H,14,15)/t7-/m0/s1. The number of fused-ring (bicyclic) bond motifs is 1. The molecule has 0 aliphatic carbocycles. The monoisotopic (exact) mass is 205 g/mol. The van der Waals surface area contributed by atoms with Crippen LogP contribution in [-0.4, -0.2) is 26.1 Å². The van der Waals surface area contributed by atoms with Gasteiger partial charge in [-0.2, -0.15) is 0 Å². The molecule has 1 aromatic heterocycles. The lowest BCUT2D eigenvalue weighted by Gasteiger charge is -2.08. The summed E-state index contributed by atoms with van der Waals surface area (Å²) in [6, 6.07) is 7.31. The van der Waals surface area contributed by atoms with Crippen molar-refractivity contribution in [2.45, 2.75) is 19.4 Å². The average Bonchev–Trinajstić information content (AvgIpc) is 2.59. The molecule has 15 heavy (non-hydrogen) atoms. The van der Waals surface area contributed by atoms with Gasteiger partial charge in [0.25, 0.3) is 0 Å². The largest absolute Gasteiger partial charge is 0.481 e. The molecule has 0 saturated carbocycles. The third kappa shape index (κ3) is 1.81. The molecule has 1 N–H and O–H groups in total. The van der Waals surface area contributed by atoms with Crippen LogP contribution in [-0.2, 0) is 4.79 Å². The number of carboxylic acids is 1. The Bertz CT molecular complexity index is 492. The quantitative estimate of drug-likeness (QED) is 0.823. The molecule has 0 bridgehead atoms. The summed E-state index contributed by atoms with van der Waals surface area (Å²) in [6.07, 6.45) is 0.0490. The van der Waals surface area contributed by atoms with Crippen LogP contribution >= 0.6 is 0 Å². The summed E-state index contributed by atoms with van der Waals surface area (Å²) in [7, 11) is 0. The summed E-state index contributed by atoms with van der Waals surface area (Å²) in [5, 5.41) is 16.6. The predicted octanol–water partition coefficient (Wildman–Crippen LogP) is 1.47. The Morgan fingerprint density at radius 2 is 2.27 bits per heavy atom. The predicted molar refractivity (Wildman–Crippen MR) is 54.5 cm³/mol. The Morgan fingerprint density at radius 1 is 1.53 bits per heavy atom. The Kier molecular flexibility index (Phi) is 2.37. The van der Waals surface area contributed by atoms with Gasteiger partial charge in [-0.05, 0) is 19.1 Å². The van der Waals surface area contributed by atoms with E-state index in [1.807, 2.05) is 31.2 Å². The van der Waals surface area contributed by atoms with Crippen molar-refractivity contribution in [3.8, 4) is 0 Å². The first-order valence-electron chi connectivity index (χ1n) is 4.70. The minimum absolute atomic E-state index is 0.0490. The fourth-order valence-electron chi connectivity index (χ4n) is 1.55. The van der Waals surface area contributed by atoms with E-state index in [0.717, 1.165) is 11.0 Å². The summed E-state index contributed by atoms with van der Waals surface area (Å²) in [5.41, 5.74) is 1.65. The topological polar surface area (TPSA) is 68.0 Å². The van der Waals surface area contributed by atoms with Crippen LogP contribution in [0.3, 0.4) is 0 Å². The molecule has 2 aromatic rings. The number of benzene rings is 1. The molecule has 0 saturated heterocycles. The van der Waals surface area contributed by atoms with Crippen molar-refractivity contribution in [3.05, 3.63) is 24.3 Å². The van der Waals surface area contributed by atoms with Crippen LogP contribution in [0.2, 0.25) is 0 Å². The van der Waals surface area contributed by atoms with E-state index in [1.54, 1.807) is 4.68 Å². The number of para-hydroxylation sites is 1. The van der Waals surface area contributed by atoms with E-state index >= 15 is 0 Å². The number of hydrogen-bond donors (Lipinski definition) is 1. The van der Waals surface area contributed by atoms with E-state index in [2.05, 4.69) is 10.3 Å². The Balaban J connectivity index is 2.39. The second-order valence-corrected chi connectivity index (χ2v) is 3.47. The van der Waals surface area contributed by atoms with Gasteiger partial charge in [-0.25, -0.2) is 4.68 Å². The average molecular weight is 205 g/mol. The zero-order valence-corrected chi connectivity index (χ0v) is 8.29. The van der Waals surface area contributed by atoms with E-state index in [4.69, 9.17) is 5.11 Å². The van der Waals surface area contributed by atoms with Gasteiger partial charge in [-0.3, -0.25) is 4.79 Å². The molecule has 0 unspecified atom stereocenters. The molecule has 78 valence electrons. The molecule has 1 heterocycles. The molecule has 1 atom stereocenters. The molecule has 1 aromatic carbocycles. The zero-order chi connectivity index (χ0) is 10.8. The maximum atomic E-state index is 10.6. The number of carbonyl (C=O) groups is 1.